The predicted octanol–water partition coefficient (Wildman–Crippen LogP) is 3.77. The Kier molecular flexibility index (Phi) is 5.88. The van der Waals surface area contributed by atoms with Gasteiger partial charge in [0.25, 0.3) is 0 Å². The van der Waals surface area contributed by atoms with E-state index in [1.807, 2.05) is 12.1 Å². The number of sulfonamides is 1. The topological polar surface area (TPSA) is 72.4 Å². The Labute approximate surface area is 169 Å². The molecule has 0 spiro atoms. The minimum absolute atomic E-state index is 0.0168. The Balaban J connectivity index is 1.73. The Morgan fingerprint density at radius 3 is 2.37 bits per heavy atom. The second-order valence-electron chi connectivity index (χ2n) is 7.70. The SMILES string of the molecule is CC(C)(C)c1ccc(S(=O)(=O)N2CCCC(Oc3ncc(Br)cn3)C2)cc1. The molecule has 1 fully saturated rings. The van der Waals surface area contributed by atoms with Crippen LogP contribution in [0.15, 0.2) is 46.0 Å². The summed E-state index contributed by atoms with van der Waals surface area (Å²) in [6.45, 7) is 7.10. The standard InChI is InChI=1S/C19H24BrN3O3S/c1-19(2,3)14-6-8-17(9-7-14)27(24,25)23-10-4-5-16(13-23)26-18-21-11-15(20)12-22-18/h6-9,11-12,16H,4-5,10,13H2,1-3H3. The molecule has 0 radical (unpaired) electrons. The zero-order valence-electron chi connectivity index (χ0n) is 15.7. The van der Waals surface area contributed by atoms with E-state index >= 15 is 0 Å². The summed E-state index contributed by atoms with van der Waals surface area (Å²) in [5, 5.41) is 0. The molecule has 1 unspecified atom stereocenters. The van der Waals surface area contributed by atoms with E-state index in [0.29, 0.717) is 18.0 Å². The molecule has 1 atom stereocenters. The summed E-state index contributed by atoms with van der Waals surface area (Å²) in [6, 6.07) is 7.43. The molecule has 3 rings (SSSR count). The number of rotatable bonds is 4. The molecule has 8 heteroatoms. The Bertz CT molecular complexity index is 878. The average Bonchev–Trinajstić information content (AvgIpc) is 2.63. The van der Waals surface area contributed by atoms with Crippen LogP contribution < -0.4 is 4.74 Å². The van der Waals surface area contributed by atoms with Gasteiger partial charge in [0.05, 0.1) is 15.9 Å². The van der Waals surface area contributed by atoms with Crippen molar-refractivity contribution in [3.8, 4) is 6.01 Å². The van der Waals surface area contributed by atoms with E-state index < -0.39 is 10.0 Å². The van der Waals surface area contributed by atoms with E-state index in [9.17, 15) is 8.42 Å². The highest BCUT2D eigenvalue weighted by Gasteiger charge is 2.31. The number of halogens is 1. The third-order valence-corrected chi connectivity index (χ3v) is 6.86. The van der Waals surface area contributed by atoms with Gasteiger partial charge in [0.2, 0.25) is 10.0 Å². The van der Waals surface area contributed by atoms with Gasteiger partial charge in [0.15, 0.2) is 0 Å². The zero-order chi connectivity index (χ0) is 19.7. The molecular formula is C19H24BrN3O3S. The van der Waals surface area contributed by atoms with Crippen LogP contribution in [-0.4, -0.2) is 41.9 Å². The lowest BCUT2D eigenvalue weighted by Gasteiger charge is -2.31. The van der Waals surface area contributed by atoms with Crippen LogP contribution in [0, 0.1) is 0 Å². The summed E-state index contributed by atoms with van der Waals surface area (Å²) in [5.74, 6) is 0. The van der Waals surface area contributed by atoms with Gasteiger partial charge < -0.3 is 4.74 Å². The van der Waals surface area contributed by atoms with E-state index in [0.717, 1.165) is 22.9 Å². The molecule has 0 saturated carbocycles. The molecule has 1 aliphatic heterocycles. The molecule has 0 aliphatic carbocycles. The third-order valence-electron chi connectivity index (χ3n) is 4.57. The number of aromatic nitrogens is 2. The molecule has 1 aromatic heterocycles. The molecule has 0 N–H and O–H groups in total. The Morgan fingerprint density at radius 1 is 1.15 bits per heavy atom. The van der Waals surface area contributed by atoms with Crippen LogP contribution in [-0.2, 0) is 15.4 Å². The normalized spacial score (nSPS) is 19.0. The Morgan fingerprint density at radius 2 is 1.78 bits per heavy atom. The number of ether oxygens (including phenoxy) is 1. The van der Waals surface area contributed by atoms with Crippen LogP contribution in [0.1, 0.15) is 39.2 Å². The maximum absolute atomic E-state index is 13.0. The summed E-state index contributed by atoms with van der Waals surface area (Å²) in [5.41, 5.74) is 1.09. The first-order chi connectivity index (χ1) is 12.7. The average molecular weight is 454 g/mol. The summed E-state index contributed by atoms with van der Waals surface area (Å²) in [7, 11) is -3.55. The molecule has 2 aromatic rings. The number of piperidine rings is 1. The van der Waals surface area contributed by atoms with Gasteiger partial charge in [-0.2, -0.15) is 4.31 Å². The van der Waals surface area contributed by atoms with E-state index in [1.165, 1.54) is 4.31 Å². The minimum Gasteiger partial charge on any atom is -0.459 e. The fraction of sp³-hybridized carbons (Fsp3) is 0.474. The smallest absolute Gasteiger partial charge is 0.316 e. The maximum Gasteiger partial charge on any atom is 0.316 e. The lowest BCUT2D eigenvalue weighted by molar-refractivity contribution is 0.119. The highest BCUT2D eigenvalue weighted by molar-refractivity contribution is 9.10. The molecule has 0 bridgehead atoms. The van der Waals surface area contributed by atoms with E-state index in [-0.39, 0.29) is 17.5 Å². The van der Waals surface area contributed by atoms with Crippen LogP contribution in [0.2, 0.25) is 0 Å². The Hall–Kier alpha value is -1.51. The second-order valence-corrected chi connectivity index (χ2v) is 10.6. The highest BCUT2D eigenvalue weighted by Crippen LogP contribution is 2.26. The molecule has 1 aliphatic rings. The number of hydrogen-bond donors (Lipinski definition) is 0. The van der Waals surface area contributed by atoms with Crippen LogP contribution >= 0.6 is 15.9 Å². The number of hydrogen-bond acceptors (Lipinski definition) is 5. The highest BCUT2D eigenvalue weighted by atomic mass is 79.9. The van der Waals surface area contributed by atoms with Gasteiger partial charge in [-0.05, 0) is 51.9 Å². The first-order valence-electron chi connectivity index (χ1n) is 8.91. The van der Waals surface area contributed by atoms with Crippen molar-refractivity contribution in [1.82, 2.24) is 14.3 Å². The first-order valence-corrected chi connectivity index (χ1v) is 11.1. The molecular weight excluding hydrogens is 430 g/mol. The van der Waals surface area contributed by atoms with Crippen molar-refractivity contribution in [2.24, 2.45) is 0 Å². The van der Waals surface area contributed by atoms with Crippen molar-refractivity contribution >= 4 is 26.0 Å². The summed E-state index contributed by atoms with van der Waals surface area (Å²) < 4.78 is 34.1. The second kappa shape index (κ2) is 7.85. The fourth-order valence-electron chi connectivity index (χ4n) is 3.01. The van der Waals surface area contributed by atoms with Crippen molar-refractivity contribution in [1.29, 1.82) is 0 Å². The van der Waals surface area contributed by atoms with Gasteiger partial charge in [-0.25, -0.2) is 18.4 Å². The molecule has 1 aromatic carbocycles. The van der Waals surface area contributed by atoms with Gasteiger partial charge in [-0.1, -0.05) is 32.9 Å². The van der Waals surface area contributed by atoms with Gasteiger partial charge >= 0.3 is 6.01 Å². The van der Waals surface area contributed by atoms with E-state index in [4.69, 9.17) is 4.74 Å². The van der Waals surface area contributed by atoms with Crippen molar-refractivity contribution in [3.63, 3.8) is 0 Å². The van der Waals surface area contributed by atoms with Crippen LogP contribution in [0.25, 0.3) is 0 Å². The maximum atomic E-state index is 13.0. The van der Waals surface area contributed by atoms with Crippen molar-refractivity contribution in [3.05, 3.63) is 46.7 Å². The van der Waals surface area contributed by atoms with Crippen LogP contribution in [0.4, 0.5) is 0 Å². The number of benzene rings is 1. The molecule has 2 heterocycles. The van der Waals surface area contributed by atoms with Crippen molar-refractivity contribution in [2.75, 3.05) is 13.1 Å². The van der Waals surface area contributed by atoms with E-state index in [2.05, 4.69) is 46.7 Å². The van der Waals surface area contributed by atoms with Crippen molar-refractivity contribution < 1.29 is 13.2 Å². The zero-order valence-corrected chi connectivity index (χ0v) is 18.1. The third kappa shape index (κ3) is 4.86. The monoisotopic (exact) mass is 453 g/mol. The van der Waals surface area contributed by atoms with Gasteiger partial charge in [0, 0.05) is 18.9 Å². The fourth-order valence-corrected chi connectivity index (χ4v) is 4.72. The summed E-state index contributed by atoms with van der Waals surface area (Å²) >= 11 is 3.28. The molecule has 1 saturated heterocycles. The molecule has 146 valence electrons. The van der Waals surface area contributed by atoms with E-state index in [1.54, 1.807) is 24.5 Å². The van der Waals surface area contributed by atoms with Gasteiger partial charge in [-0.3, -0.25) is 0 Å². The molecule has 6 nitrogen and oxygen atoms in total. The quantitative estimate of drug-likeness (QED) is 0.704. The summed E-state index contributed by atoms with van der Waals surface area (Å²) in [4.78, 5) is 8.52. The lowest BCUT2D eigenvalue weighted by Crippen LogP contribution is -2.44. The van der Waals surface area contributed by atoms with Crippen LogP contribution in [0.3, 0.4) is 0 Å². The lowest BCUT2D eigenvalue weighted by atomic mass is 9.87. The predicted molar refractivity (Wildman–Crippen MR) is 107 cm³/mol. The minimum atomic E-state index is -3.55. The molecule has 27 heavy (non-hydrogen) atoms. The molecule has 0 amide bonds. The number of nitrogens with zero attached hydrogens (tertiary/aromatic N) is 3. The summed E-state index contributed by atoms with van der Waals surface area (Å²) in [6.07, 6.45) is 4.46. The largest absolute Gasteiger partial charge is 0.459 e. The van der Waals surface area contributed by atoms with Crippen LogP contribution in [0.5, 0.6) is 6.01 Å². The van der Waals surface area contributed by atoms with Crippen molar-refractivity contribution in [2.45, 2.75) is 50.0 Å². The first kappa shape index (κ1) is 20.2. The van der Waals surface area contributed by atoms with Gasteiger partial charge in [-0.15, -0.1) is 0 Å². The van der Waals surface area contributed by atoms with Gasteiger partial charge in [0.1, 0.15) is 6.10 Å².